The van der Waals surface area contributed by atoms with Crippen molar-refractivity contribution in [3.8, 4) is 17.2 Å². The third-order valence-electron chi connectivity index (χ3n) is 6.06. The van der Waals surface area contributed by atoms with Crippen molar-refractivity contribution in [2.45, 2.75) is 25.8 Å². The van der Waals surface area contributed by atoms with Gasteiger partial charge in [0.05, 0.1) is 20.3 Å². The number of ether oxygens (including phenoxy) is 3. The molecule has 4 rings (SSSR count). The topological polar surface area (TPSA) is 54.4 Å². The van der Waals surface area contributed by atoms with Gasteiger partial charge in [-0.25, -0.2) is 0 Å². The quantitative estimate of drug-likeness (QED) is 0.666. The van der Waals surface area contributed by atoms with Gasteiger partial charge in [-0.15, -0.1) is 0 Å². The first kappa shape index (κ1) is 21.9. The molecule has 31 heavy (non-hydrogen) atoms. The Kier molecular flexibility index (Phi) is 7.67. The van der Waals surface area contributed by atoms with Gasteiger partial charge in [0.15, 0.2) is 0 Å². The van der Waals surface area contributed by atoms with Crippen molar-refractivity contribution in [2.24, 2.45) is 0 Å². The Morgan fingerprint density at radius 2 is 1.84 bits per heavy atom. The summed E-state index contributed by atoms with van der Waals surface area (Å²) in [7, 11) is 1.72. The van der Waals surface area contributed by atoms with Gasteiger partial charge in [0.25, 0.3) is 0 Å². The van der Waals surface area contributed by atoms with E-state index in [0.717, 1.165) is 69.4 Å². The Morgan fingerprint density at radius 1 is 1.03 bits per heavy atom. The number of rotatable bonds is 9. The molecule has 2 fully saturated rings. The van der Waals surface area contributed by atoms with Gasteiger partial charge in [-0.2, -0.15) is 0 Å². The molecule has 0 saturated carbocycles. The summed E-state index contributed by atoms with van der Waals surface area (Å²) in [6.45, 7) is 8.18. The second kappa shape index (κ2) is 10.8. The molecule has 0 atom stereocenters. The van der Waals surface area contributed by atoms with Gasteiger partial charge >= 0.3 is 0 Å². The Bertz CT molecular complexity index is 845. The summed E-state index contributed by atoms with van der Waals surface area (Å²) in [6.07, 6.45) is 3.22. The normalized spacial score (nSPS) is 17.7. The van der Waals surface area contributed by atoms with Crippen molar-refractivity contribution in [1.82, 2.24) is 9.80 Å². The van der Waals surface area contributed by atoms with Crippen LogP contribution < -0.4 is 9.47 Å². The zero-order valence-corrected chi connectivity index (χ0v) is 18.4. The molecule has 2 aliphatic rings. The van der Waals surface area contributed by atoms with Crippen LogP contribution in [0.25, 0.3) is 0 Å². The summed E-state index contributed by atoms with van der Waals surface area (Å²) in [5.41, 5.74) is 3.26. The van der Waals surface area contributed by atoms with Gasteiger partial charge < -0.3 is 19.3 Å². The monoisotopic (exact) mass is 425 g/mol. The zero-order chi connectivity index (χ0) is 21.5. The largest absolute Gasteiger partial charge is 0.508 e. The molecule has 2 heterocycles. The van der Waals surface area contributed by atoms with E-state index in [2.05, 4.69) is 34.1 Å². The van der Waals surface area contributed by atoms with Crippen LogP contribution in [0.1, 0.15) is 29.5 Å². The fourth-order valence-electron chi connectivity index (χ4n) is 4.29. The number of hydrogen-bond acceptors (Lipinski definition) is 6. The summed E-state index contributed by atoms with van der Waals surface area (Å²) in [6, 6.07) is 12.9. The van der Waals surface area contributed by atoms with Crippen LogP contribution in [0.15, 0.2) is 30.3 Å². The lowest BCUT2D eigenvalue weighted by Crippen LogP contribution is -2.35. The molecule has 2 aromatic rings. The number of nitrogens with zero attached hydrogens (tertiary/aromatic N) is 2. The van der Waals surface area contributed by atoms with Crippen LogP contribution >= 0.6 is 0 Å². The summed E-state index contributed by atoms with van der Waals surface area (Å²) >= 11 is 0. The van der Waals surface area contributed by atoms with Crippen LogP contribution in [0.4, 0.5) is 0 Å². The maximum atomic E-state index is 9.93. The molecule has 1 radical (unpaired) electrons. The first-order chi connectivity index (χ1) is 15.2. The molecule has 167 valence electrons. The third-order valence-corrected chi connectivity index (χ3v) is 6.06. The van der Waals surface area contributed by atoms with E-state index in [1.807, 2.05) is 0 Å². The number of benzene rings is 2. The lowest BCUT2D eigenvalue weighted by Gasteiger charge is -2.27. The van der Waals surface area contributed by atoms with Crippen molar-refractivity contribution in [3.63, 3.8) is 0 Å². The maximum Gasteiger partial charge on any atom is 0.127 e. The van der Waals surface area contributed by atoms with E-state index >= 15 is 0 Å². The number of morpholine rings is 1. The fraction of sp³-hybridized carbons (Fsp3) is 0.520. The Labute approximate surface area is 185 Å². The molecule has 0 bridgehead atoms. The number of likely N-dealkylation sites (tertiary alicyclic amines) is 1. The Hall–Kier alpha value is -2.28. The van der Waals surface area contributed by atoms with E-state index in [1.165, 1.54) is 18.4 Å². The summed E-state index contributed by atoms with van der Waals surface area (Å²) in [5, 5.41) is 9.93. The Balaban J connectivity index is 1.42. The average molecular weight is 426 g/mol. The molecule has 2 saturated heterocycles. The molecular weight excluding hydrogens is 392 g/mol. The molecule has 0 unspecified atom stereocenters. The molecule has 1 N–H and O–H groups in total. The molecule has 0 spiro atoms. The number of phenols is 1. The van der Waals surface area contributed by atoms with Crippen LogP contribution in [0, 0.1) is 6.07 Å². The summed E-state index contributed by atoms with van der Waals surface area (Å²) < 4.78 is 17.2. The van der Waals surface area contributed by atoms with Crippen LogP contribution in [-0.2, 0) is 17.7 Å². The maximum absolute atomic E-state index is 9.93. The smallest absolute Gasteiger partial charge is 0.127 e. The minimum absolute atomic E-state index is 0.179. The van der Waals surface area contributed by atoms with Crippen molar-refractivity contribution >= 4 is 0 Å². The molecule has 2 aliphatic heterocycles. The molecule has 6 nitrogen and oxygen atoms in total. The first-order valence-corrected chi connectivity index (χ1v) is 11.3. The molecular formula is C25H33N2O4. The lowest BCUT2D eigenvalue weighted by atomic mass is 10.0. The Morgan fingerprint density at radius 3 is 2.61 bits per heavy atom. The minimum atomic E-state index is 0.179. The predicted octanol–water partition coefficient (Wildman–Crippen LogP) is 3.10. The number of hydrogen-bond donors (Lipinski definition) is 1. The van der Waals surface area contributed by atoms with Gasteiger partial charge in [-0.1, -0.05) is 12.1 Å². The van der Waals surface area contributed by atoms with Gasteiger partial charge in [0.1, 0.15) is 23.9 Å². The van der Waals surface area contributed by atoms with Gasteiger partial charge in [0, 0.05) is 49.8 Å². The standard InChI is InChI=1S/C25H33N2O4/c1-29-24-17-20(4-5-22(24)19-27-10-13-30-14-11-27)16-21-6-7-23(28)18-25(21)31-15-12-26-8-2-3-9-26/h4-5,7,17-18,28H,2-3,8-16,19H2,1H3. The molecule has 0 amide bonds. The highest BCUT2D eigenvalue weighted by Crippen LogP contribution is 2.29. The van der Waals surface area contributed by atoms with E-state index in [9.17, 15) is 5.11 Å². The second-order valence-electron chi connectivity index (χ2n) is 8.31. The number of methoxy groups -OCH3 is 1. The van der Waals surface area contributed by atoms with E-state index < -0.39 is 0 Å². The number of phenolic OH excluding ortho intramolecular Hbond substituents is 1. The van der Waals surface area contributed by atoms with Crippen molar-refractivity contribution < 1.29 is 19.3 Å². The lowest BCUT2D eigenvalue weighted by molar-refractivity contribution is 0.0339. The van der Waals surface area contributed by atoms with Gasteiger partial charge in [0.2, 0.25) is 0 Å². The summed E-state index contributed by atoms with van der Waals surface area (Å²) in [5.74, 6) is 1.79. The third kappa shape index (κ3) is 6.12. The highest BCUT2D eigenvalue weighted by atomic mass is 16.5. The van der Waals surface area contributed by atoms with Crippen LogP contribution in [0.3, 0.4) is 0 Å². The van der Waals surface area contributed by atoms with Crippen LogP contribution in [0.5, 0.6) is 17.2 Å². The van der Waals surface area contributed by atoms with E-state index in [4.69, 9.17) is 14.2 Å². The van der Waals surface area contributed by atoms with Crippen LogP contribution in [0.2, 0.25) is 0 Å². The van der Waals surface area contributed by atoms with Crippen molar-refractivity contribution in [1.29, 1.82) is 0 Å². The van der Waals surface area contributed by atoms with Gasteiger partial charge in [-0.05, 0) is 49.7 Å². The predicted molar refractivity (Wildman–Crippen MR) is 120 cm³/mol. The highest BCUT2D eigenvalue weighted by molar-refractivity contribution is 5.44. The first-order valence-electron chi connectivity index (χ1n) is 11.3. The molecule has 2 aromatic carbocycles. The second-order valence-corrected chi connectivity index (χ2v) is 8.31. The molecule has 0 aliphatic carbocycles. The zero-order valence-electron chi connectivity index (χ0n) is 18.4. The van der Waals surface area contributed by atoms with Crippen molar-refractivity contribution in [3.05, 3.63) is 53.1 Å². The fourth-order valence-corrected chi connectivity index (χ4v) is 4.29. The van der Waals surface area contributed by atoms with E-state index in [1.54, 1.807) is 19.2 Å². The van der Waals surface area contributed by atoms with E-state index in [-0.39, 0.29) is 5.75 Å². The van der Waals surface area contributed by atoms with Crippen LogP contribution in [-0.4, -0.2) is 74.6 Å². The number of aromatic hydroxyl groups is 1. The van der Waals surface area contributed by atoms with Crippen molar-refractivity contribution in [2.75, 3.05) is 59.7 Å². The van der Waals surface area contributed by atoms with E-state index in [0.29, 0.717) is 18.8 Å². The molecule has 6 heteroatoms. The summed E-state index contributed by atoms with van der Waals surface area (Å²) in [4.78, 5) is 4.81. The minimum Gasteiger partial charge on any atom is -0.508 e. The SMILES string of the molecule is COc1cc(Cc2[c]cc(O)cc2OCCN2CCCC2)ccc1CN1CCOCC1. The highest BCUT2D eigenvalue weighted by Gasteiger charge is 2.15. The average Bonchev–Trinajstić information content (AvgIpc) is 3.31. The molecule has 0 aromatic heterocycles. The van der Waals surface area contributed by atoms with Gasteiger partial charge in [-0.3, -0.25) is 9.80 Å².